The van der Waals surface area contributed by atoms with Gasteiger partial charge in [0, 0.05) is 19.0 Å². The van der Waals surface area contributed by atoms with Crippen molar-refractivity contribution >= 4 is 15.9 Å². The van der Waals surface area contributed by atoms with Gasteiger partial charge in [-0.1, -0.05) is 27.2 Å². The molecular weight excluding hydrogens is 302 g/mol. The Morgan fingerprint density at radius 2 is 1.95 bits per heavy atom. The Bertz CT molecular complexity index is 374. The van der Waals surface area contributed by atoms with Crippen LogP contribution in [-0.2, 0) is 19.4 Å². The number of aromatic nitrogens is 2. The number of rotatable bonds is 9. The van der Waals surface area contributed by atoms with Crippen molar-refractivity contribution in [3.05, 3.63) is 15.9 Å². The first kappa shape index (κ1) is 16.7. The van der Waals surface area contributed by atoms with E-state index in [4.69, 9.17) is 0 Å². The van der Waals surface area contributed by atoms with E-state index >= 15 is 0 Å². The van der Waals surface area contributed by atoms with E-state index in [0.29, 0.717) is 6.04 Å². The third kappa shape index (κ3) is 4.60. The molecule has 0 aromatic carbocycles. The molecule has 0 aliphatic rings. The van der Waals surface area contributed by atoms with Gasteiger partial charge in [-0.25, -0.2) is 0 Å². The zero-order chi connectivity index (χ0) is 14.3. The second-order valence-corrected chi connectivity index (χ2v) is 5.81. The van der Waals surface area contributed by atoms with Crippen LogP contribution in [0.4, 0.5) is 0 Å². The highest BCUT2D eigenvalue weighted by Gasteiger charge is 2.17. The van der Waals surface area contributed by atoms with Crippen LogP contribution >= 0.6 is 15.9 Å². The summed E-state index contributed by atoms with van der Waals surface area (Å²) in [6.45, 7) is 10.8. The lowest BCUT2D eigenvalue weighted by molar-refractivity contribution is 0.456. The lowest BCUT2D eigenvalue weighted by atomic mass is 10.1. The van der Waals surface area contributed by atoms with Crippen LogP contribution in [0.15, 0.2) is 4.47 Å². The van der Waals surface area contributed by atoms with Crippen molar-refractivity contribution in [1.82, 2.24) is 15.1 Å². The molecule has 1 heterocycles. The maximum atomic E-state index is 4.68. The monoisotopic (exact) mass is 329 g/mol. The summed E-state index contributed by atoms with van der Waals surface area (Å²) in [6.07, 6.45) is 5.69. The summed E-state index contributed by atoms with van der Waals surface area (Å²) in [5.41, 5.74) is 2.53. The smallest absolute Gasteiger partial charge is 0.0766 e. The largest absolute Gasteiger partial charge is 0.314 e. The minimum absolute atomic E-state index is 0.563. The van der Waals surface area contributed by atoms with E-state index in [1.165, 1.54) is 35.1 Å². The van der Waals surface area contributed by atoms with E-state index in [1.807, 2.05) is 0 Å². The average molecular weight is 330 g/mol. The molecule has 0 saturated heterocycles. The topological polar surface area (TPSA) is 29.9 Å². The maximum absolute atomic E-state index is 4.68. The van der Waals surface area contributed by atoms with Gasteiger partial charge >= 0.3 is 0 Å². The molecular formula is C15H28BrN3. The summed E-state index contributed by atoms with van der Waals surface area (Å²) >= 11 is 3.74. The Hall–Kier alpha value is -0.350. The number of halogens is 1. The molecule has 0 aliphatic carbocycles. The van der Waals surface area contributed by atoms with Crippen molar-refractivity contribution < 1.29 is 0 Å². The maximum Gasteiger partial charge on any atom is 0.0766 e. The Balaban J connectivity index is 2.84. The minimum Gasteiger partial charge on any atom is -0.314 e. The van der Waals surface area contributed by atoms with Gasteiger partial charge in [-0.15, -0.1) is 0 Å². The summed E-state index contributed by atoms with van der Waals surface area (Å²) in [5, 5.41) is 8.34. The molecule has 110 valence electrons. The first-order valence-electron chi connectivity index (χ1n) is 7.65. The summed E-state index contributed by atoms with van der Waals surface area (Å²) in [7, 11) is 0. The minimum atomic E-state index is 0.563. The zero-order valence-corrected chi connectivity index (χ0v) is 14.4. The van der Waals surface area contributed by atoms with Gasteiger partial charge in [-0.3, -0.25) is 4.68 Å². The molecule has 0 spiro atoms. The van der Waals surface area contributed by atoms with Crippen LogP contribution in [0.1, 0.15) is 58.3 Å². The number of aryl methyl sites for hydroxylation is 2. The fourth-order valence-corrected chi connectivity index (χ4v) is 3.15. The Morgan fingerprint density at radius 1 is 1.21 bits per heavy atom. The molecule has 1 rings (SSSR count). The van der Waals surface area contributed by atoms with Crippen molar-refractivity contribution in [3.63, 3.8) is 0 Å². The summed E-state index contributed by atoms with van der Waals surface area (Å²) in [4.78, 5) is 0. The van der Waals surface area contributed by atoms with Gasteiger partial charge in [0.15, 0.2) is 0 Å². The number of nitrogens with one attached hydrogen (secondary N) is 1. The van der Waals surface area contributed by atoms with Crippen LogP contribution in [0, 0.1) is 0 Å². The van der Waals surface area contributed by atoms with Crippen molar-refractivity contribution in [3.8, 4) is 0 Å². The van der Waals surface area contributed by atoms with Gasteiger partial charge in [-0.2, -0.15) is 5.10 Å². The van der Waals surface area contributed by atoms with Crippen molar-refractivity contribution in [2.75, 3.05) is 6.54 Å². The highest BCUT2D eigenvalue weighted by Crippen LogP contribution is 2.24. The van der Waals surface area contributed by atoms with Crippen LogP contribution in [0.3, 0.4) is 0 Å². The molecule has 1 aromatic rings. The highest BCUT2D eigenvalue weighted by molar-refractivity contribution is 9.10. The van der Waals surface area contributed by atoms with E-state index in [1.54, 1.807) is 0 Å². The zero-order valence-electron chi connectivity index (χ0n) is 12.8. The molecule has 0 amide bonds. The molecule has 1 unspecified atom stereocenters. The van der Waals surface area contributed by atoms with Crippen molar-refractivity contribution in [2.45, 2.75) is 72.4 Å². The van der Waals surface area contributed by atoms with Gasteiger partial charge < -0.3 is 5.32 Å². The fraction of sp³-hybridized carbons (Fsp3) is 0.800. The van der Waals surface area contributed by atoms with Gasteiger partial charge in [0.1, 0.15) is 0 Å². The number of hydrogen-bond donors (Lipinski definition) is 1. The van der Waals surface area contributed by atoms with Gasteiger partial charge in [0.2, 0.25) is 0 Å². The molecule has 0 saturated carbocycles. The SMILES string of the molecule is CCCNC(CCC)Cc1c(Br)c(CC)nn1CC. The first-order chi connectivity index (χ1) is 9.17. The van der Waals surface area contributed by atoms with Gasteiger partial charge in [0.25, 0.3) is 0 Å². The van der Waals surface area contributed by atoms with E-state index in [-0.39, 0.29) is 0 Å². The predicted octanol–water partition coefficient (Wildman–Crippen LogP) is 3.94. The first-order valence-corrected chi connectivity index (χ1v) is 8.44. The lowest BCUT2D eigenvalue weighted by Gasteiger charge is -2.18. The highest BCUT2D eigenvalue weighted by atomic mass is 79.9. The van der Waals surface area contributed by atoms with E-state index < -0.39 is 0 Å². The number of hydrogen-bond acceptors (Lipinski definition) is 2. The molecule has 19 heavy (non-hydrogen) atoms. The van der Waals surface area contributed by atoms with Crippen LogP contribution in [0.5, 0.6) is 0 Å². The fourth-order valence-electron chi connectivity index (χ4n) is 2.42. The molecule has 1 atom stereocenters. The number of nitrogens with zero attached hydrogens (tertiary/aromatic N) is 2. The second-order valence-electron chi connectivity index (χ2n) is 5.02. The Morgan fingerprint density at radius 3 is 2.47 bits per heavy atom. The molecule has 0 bridgehead atoms. The predicted molar refractivity (Wildman–Crippen MR) is 85.7 cm³/mol. The quantitative estimate of drug-likeness (QED) is 0.743. The third-order valence-electron chi connectivity index (χ3n) is 3.45. The van der Waals surface area contributed by atoms with Crippen LogP contribution < -0.4 is 5.32 Å². The molecule has 1 N–H and O–H groups in total. The second kappa shape index (κ2) is 8.75. The lowest BCUT2D eigenvalue weighted by Crippen LogP contribution is -2.32. The summed E-state index contributed by atoms with van der Waals surface area (Å²) in [6, 6.07) is 0.563. The van der Waals surface area contributed by atoms with Crippen molar-refractivity contribution in [1.29, 1.82) is 0 Å². The molecule has 0 aliphatic heterocycles. The molecule has 0 fully saturated rings. The van der Waals surface area contributed by atoms with Crippen molar-refractivity contribution in [2.24, 2.45) is 0 Å². The van der Waals surface area contributed by atoms with E-state index in [2.05, 4.69) is 58.7 Å². The molecule has 4 heteroatoms. The summed E-state index contributed by atoms with van der Waals surface area (Å²) < 4.78 is 3.37. The summed E-state index contributed by atoms with van der Waals surface area (Å²) in [5.74, 6) is 0. The molecule has 1 aromatic heterocycles. The standard InChI is InChI=1S/C15H28BrN3/c1-5-9-12(17-10-6-2)11-14-15(16)13(7-3)18-19(14)8-4/h12,17H,5-11H2,1-4H3. The Kier molecular flexibility index (Phi) is 7.69. The Labute approximate surface area is 126 Å². The van der Waals surface area contributed by atoms with Crippen LogP contribution in [0.2, 0.25) is 0 Å². The average Bonchev–Trinajstić information content (AvgIpc) is 2.72. The van der Waals surface area contributed by atoms with Crippen LogP contribution in [0.25, 0.3) is 0 Å². The van der Waals surface area contributed by atoms with Gasteiger partial charge in [-0.05, 0) is 48.7 Å². The van der Waals surface area contributed by atoms with Gasteiger partial charge in [0.05, 0.1) is 15.9 Å². The van der Waals surface area contributed by atoms with Crippen LogP contribution in [-0.4, -0.2) is 22.4 Å². The normalized spacial score (nSPS) is 12.9. The third-order valence-corrected chi connectivity index (χ3v) is 4.37. The molecule has 3 nitrogen and oxygen atoms in total. The van der Waals surface area contributed by atoms with E-state index in [0.717, 1.165) is 25.9 Å². The molecule has 0 radical (unpaired) electrons. The van der Waals surface area contributed by atoms with E-state index in [9.17, 15) is 0 Å².